The van der Waals surface area contributed by atoms with Crippen LogP contribution in [0.3, 0.4) is 0 Å². The van der Waals surface area contributed by atoms with E-state index >= 15 is 0 Å². The number of carbonyl (C=O) groups excluding carboxylic acids is 1. The maximum atomic E-state index is 12.3. The monoisotopic (exact) mass is 277 g/mol. The zero-order valence-electron chi connectivity index (χ0n) is 12.1. The van der Waals surface area contributed by atoms with E-state index < -0.39 is 0 Å². The van der Waals surface area contributed by atoms with Gasteiger partial charge in [-0.1, -0.05) is 6.07 Å². The molecule has 1 aromatic carbocycles. The van der Waals surface area contributed by atoms with Crippen molar-refractivity contribution in [2.45, 2.75) is 19.4 Å². The number of amides is 1. The fourth-order valence-electron chi connectivity index (χ4n) is 2.62. The van der Waals surface area contributed by atoms with Crippen LogP contribution in [0.1, 0.15) is 13.3 Å². The number of hydrogen-bond acceptors (Lipinski definition) is 4. The van der Waals surface area contributed by atoms with E-state index in [-0.39, 0.29) is 11.9 Å². The lowest BCUT2D eigenvalue weighted by Gasteiger charge is -2.23. The van der Waals surface area contributed by atoms with E-state index in [1.54, 1.807) is 19.2 Å². The van der Waals surface area contributed by atoms with Gasteiger partial charge in [-0.25, -0.2) is 0 Å². The zero-order chi connectivity index (χ0) is 14.5. The highest BCUT2D eigenvalue weighted by Crippen LogP contribution is 2.20. The molecule has 0 aromatic heterocycles. The molecule has 2 rings (SSSR count). The van der Waals surface area contributed by atoms with Crippen LogP contribution in [0.4, 0.5) is 11.4 Å². The van der Waals surface area contributed by atoms with Crippen molar-refractivity contribution in [3.8, 4) is 0 Å². The Morgan fingerprint density at radius 3 is 3.10 bits per heavy atom. The molecule has 1 fully saturated rings. The average molecular weight is 277 g/mol. The first-order valence-corrected chi connectivity index (χ1v) is 6.99. The second-order valence-corrected chi connectivity index (χ2v) is 5.40. The number of nitrogens with two attached hydrogens (primary N) is 1. The Labute approximate surface area is 120 Å². The average Bonchev–Trinajstić information content (AvgIpc) is 2.87. The topological polar surface area (TPSA) is 67.6 Å². The van der Waals surface area contributed by atoms with Crippen LogP contribution in [0.2, 0.25) is 0 Å². The van der Waals surface area contributed by atoms with Crippen molar-refractivity contribution in [1.29, 1.82) is 0 Å². The van der Waals surface area contributed by atoms with Crippen molar-refractivity contribution < 1.29 is 9.53 Å². The Hall–Kier alpha value is -1.59. The van der Waals surface area contributed by atoms with Gasteiger partial charge in [0, 0.05) is 25.0 Å². The summed E-state index contributed by atoms with van der Waals surface area (Å²) in [5.74, 6) is 0.538. The predicted octanol–water partition coefficient (Wildman–Crippen LogP) is 1.56. The molecule has 20 heavy (non-hydrogen) atoms. The van der Waals surface area contributed by atoms with E-state index in [9.17, 15) is 4.79 Å². The number of ether oxygens (including phenoxy) is 1. The van der Waals surface area contributed by atoms with Gasteiger partial charge in [0.2, 0.25) is 5.91 Å². The van der Waals surface area contributed by atoms with Gasteiger partial charge in [-0.3, -0.25) is 9.69 Å². The molecule has 1 heterocycles. The fourth-order valence-corrected chi connectivity index (χ4v) is 2.62. The zero-order valence-corrected chi connectivity index (χ0v) is 12.1. The molecule has 1 aliphatic heterocycles. The number of benzene rings is 1. The third kappa shape index (κ3) is 3.71. The maximum Gasteiger partial charge on any atom is 0.241 e. The number of rotatable bonds is 5. The number of carbonyl (C=O) groups is 1. The van der Waals surface area contributed by atoms with Crippen molar-refractivity contribution in [3.05, 3.63) is 24.3 Å². The molecule has 0 aliphatic carbocycles. The first kappa shape index (κ1) is 14.8. The van der Waals surface area contributed by atoms with Gasteiger partial charge in [-0.2, -0.15) is 0 Å². The maximum absolute atomic E-state index is 12.3. The third-order valence-corrected chi connectivity index (χ3v) is 3.80. The second-order valence-electron chi connectivity index (χ2n) is 5.40. The van der Waals surface area contributed by atoms with Crippen LogP contribution in [0, 0.1) is 5.92 Å². The number of likely N-dealkylation sites (tertiary alicyclic amines) is 1. The number of nitrogens with zero attached hydrogens (tertiary/aromatic N) is 1. The van der Waals surface area contributed by atoms with Gasteiger partial charge in [0.1, 0.15) is 0 Å². The first-order chi connectivity index (χ1) is 9.60. The molecule has 110 valence electrons. The molecule has 1 aromatic rings. The van der Waals surface area contributed by atoms with Crippen LogP contribution in [0.25, 0.3) is 0 Å². The summed E-state index contributed by atoms with van der Waals surface area (Å²) in [5, 5.41) is 2.91. The Morgan fingerprint density at radius 2 is 2.40 bits per heavy atom. The smallest absolute Gasteiger partial charge is 0.241 e. The molecule has 2 atom stereocenters. The molecule has 0 saturated carbocycles. The standard InChI is InChI=1S/C15H23N3O2/c1-11(18-7-6-12(9-18)10-20-2)15(19)17-14-5-3-4-13(16)8-14/h3-5,8,11-12H,6-7,9-10,16H2,1-2H3,(H,17,19). The fraction of sp³-hybridized carbons (Fsp3) is 0.533. The lowest BCUT2D eigenvalue weighted by Crippen LogP contribution is -2.40. The Bertz CT molecular complexity index is 464. The molecule has 2 unspecified atom stereocenters. The van der Waals surface area contributed by atoms with E-state index in [1.807, 2.05) is 19.1 Å². The Balaban J connectivity index is 1.89. The normalized spacial score (nSPS) is 20.8. The van der Waals surface area contributed by atoms with Crippen molar-refractivity contribution in [2.75, 3.05) is 37.9 Å². The summed E-state index contributed by atoms with van der Waals surface area (Å²) in [5.41, 5.74) is 7.10. The summed E-state index contributed by atoms with van der Waals surface area (Å²) in [7, 11) is 1.72. The summed E-state index contributed by atoms with van der Waals surface area (Å²) in [6, 6.07) is 7.11. The van der Waals surface area contributed by atoms with Crippen molar-refractivity contribution in [3.63, 3.8) is 0 Å². The number of anilines is 2. The SMILES string of the molecule is COCC1CCN(C(C)C(=O)Nc2cccc(N)c2)C1. The van der Waals surface area contributed by atoms with Gasteiger partial charge in [0.05, 0.1) is 12.6 Å². The van der Waals surface area contributed by atoms with E-state index in [2.05, 4.69) is 10.2 Å². The Kier molecular flexibility index (Phi) is 4.98. The summed E-state index contributed by atoms with van der Waals surface area (Å²) < 4.78 is 5.18. The van der Waals surface area contributed by atoms with Crippen LogP contribution in [-0.4, -0.2) is 43.7 Å². The van der Waals surface area contributed by atoms with E-state index in [1.165, 1.54) is 0 Å². The number of methoxy groups -OCH3 is 1. The van der Waals surface area contributed by atoms with Gasteiger partial charge < -0.3 is 15.8 Å². The van der Waals surface area contributed by atoms with Crippen LogP contribution in [-0.2, 0) is 9.53 Å². The highest BCUT2D eigenvalue weighted by molar-refractivity contribution is 5.94. The molecular weight excluding hydrogens is 254 g/mol. The second kappa shape index (κ2) is 6.72. The number of hydrogen-bond donors (Lipinski definition) is 2. The van der Waals surface area contributed by atoms with Crippen molar-refractivity contribution >= 4 is 17.3 Å². The Morgan fingerprint density at radius 1 is 1.60 bits per heavy atom. The molecule has 1 saturated heterocycles. The van der Waals surface area contributed by atoms with Gasteiger partial charge in [0.15, 0.2) is 0 Å². The molecule has 0 bridgehead atoms. The minimum Gasteiger partial charge on any atom is -0.399 e. The summed E-state index contributed by atoms with van der Waals surface area (Å²) in [6.07, 6.45) is 1.09. The molecular formula is C15H23N3O2. The molecule has 1 aliphatic rings. The number of nitrogen functional groups attached to an aromatic ring is 1. The lowest BCUT2D eigenvalue weighted by molar-refractivity contribution is -0.120. The van der Waals surface area contributed by atoms with Crippen molar-refractivity contribution in [1.82, 2.24) is 4.90 Å². The van der Waals surface area contributed by atoms with E-state index in [0.717, 1.165) is 31.8 Å². The van der Waals surface area contributed by atoms with Crippen LogP contribution in [0.5, 0.6) is 0 Å². The quantitative estimate of drug-likeness (QED) is 0.802. The van der Waals surface area contributed by atoms with Crippen LogP contribution < -0.4 is 11.1 Å². The minimum absolute atomic E-state index is 0.00802. The van der Waals surface area contributed by atoms with E-state index in [4.69, 9.17) is 10.5 Å². The van der Waals surface area contributed by atoms with Gasteiger partial charge >= 0.3 is 0 Å². The summed E-state index contributed by atoms with van der Waals surface area (Å²) in [6.45, 7) is 4.57. The summed E-state index contributed by atoms with van der Waals surface area (Å²) in [4.78, 5) is 14.5. The molecule has 5 heteroatoms. The third-order valence-electron chi connectivity index (χ3n) is 3.80. The van der Waals surface area contributed by atoms with Crippen LogP contribution in [0.15, 0.2) is 24.3 Å². The molecule has 1 amide bonds. The van der Waals surface area contributed by atoms with Crippen molar-refractivity contribution in [2.24, 2.45) is 5.92 Å². The molecule has 0 radical (unpaired) electrons. The predicted molar refractivity (Wildman–Crippen MR) is 80.5 cm³/mol. The largest absolute Gasteiger partial charge is 0.399 e. The molecule has 0 spiro atoms. The highest BCUT2D eigenvalue weighted by Gasteiger charge is 2.29. The van der Waals surface area contributed by atoms with Crippen LogP contribution >= 0.6 is 0 Å². The minimum atomic E-state index is -0.140. The highest BCUT2D eigenvalue weighted by atomic mass is 16.5. The molecule has 5 nitrogen and oxygen atoms in total. The lowest BCUT2D eigenvalue weighted by atomic mass is 10.1. The molecule has 3 N–H and O–H groups in total. The van der Waals surface area contributed by atoms with Gasteiger partial charge in [-0.15, -0.1) is 0 Å². The van der Waals surface area contributed by atoms with E-state index in [0.29, 0.717) is 11.6 Å². The van der Waals surface area contributed by atoms with Gasteiger partial charge in [0.25, 0.3) is 0 Å². The first-order valence-electron chi connectivity index (χ1n) is 6.99. The number of nitrogens with one attached hydrogen (secondary N) is 1. The summed E-state index contributed by atoms with van der Waals surface area (Å²) >= 11 is 0. The van der Waals surface area contributed by atoms with Gasteiger partial charge in [-0.05, 0) is 44.0 Å².